The highest BCUT2D eigenvalue weighted by molar-refractivity contribution is 7.92. The Balaban J connectivity index is 1.87. The molecule has 25 heavy (non-hydrogen) atoms. The monoisotopic (exact) mass is 389 g/mol. The van der Waals surface area contributed by atoms with E-state index in [1.54, 1.807) is 0 Å². The van der Waals surface area contributed by atoms with Crippen molar-refractivity contribution in [2.75, 3.05) is 0 Å². The van der Waals surface area contributed by atoms with Crippen LogP contribution >= 0.6 is 0 Å². The highest BCUT2D eigenvalue weighted by atomic mass is 32.2. The Labute approximate surface area is 148 Å². The molecule has 9 heteroatoms. The van der Waals surface area contributed by atoms with Crippen LogP contribution in [-0.2, 0) is 26.6 Å². The Morgan fingerprint density at radius 1 is 1.16 bits per heavy atom. The molecule has 0 bridgehead atoms. The second-order valence-corrected chi connectivity index (χ2v) is 10.2. The van der Waals surface area contributed by atoms with E-state index < -0.39 is 31.5 Å². The standard InChI is InChI=1S/C16H23NO6S2/c17-25(21,22)23-13-8-7-12-9-15(24(19,20)14(12)10-13)16(18)11-5-3-1-2-4-6-11/h7-8,10-11,15-16,18H,1-6,9H2,(H2,17,21,22). The van der Waals surface area contributed by atoms with E-state index in [1.165, 1.54) is 18.2 Å². The fourth-order valence-corrected chi connectivity index (χ4v) is 6.39. The lowest BCUT2D eigenvalue weighted by Crippen LogP contribution is -2.37. The maximum atomic E-state index is 12.9. The van der Waals surface area contributed by atoms with Crippen molar-refractivity contribution in [3.05, 3.63) is 23.8 Å². The molecular weight excluding hydrogens is 366 g/mol. The molecule has 0 radical (unpaired) electrons. The summed E-state index contributed by atoms with van der Waals surface area (Å²) in [5.41, 5.74) is 0.569. The van der Waals surface area contributed by atoms with Gasteiger partial charge in [0.05, 0.1) is 16.2 Å². The highest BCUT2D eigenvalue weighted by Gasteiger charge is 2.44. The van der Waals surface area contributed by atoms with Crippen LogP contribution in [0.5, 0.6) is 5.75 Å². The van der Waals surface area contributed by atoms with Crippen LogP contribution in [0.15, 0.2) is 23.1 Å². The van der Waals surface area contributed by atoms with Crippen molar-refractivity contribution in [2.45, 2.75) is 61.2 Å². The first-order chi connectivity index (χ1) is 11.7. The predicted octanol–water partition coefficient (Wildman–Crippen LogP) is 1.30. The van der Waals surface area contributed by atoms with Gasteiger partial charge < -0.3 is 9.29 Å². The topological polar surface area (TPSA) is 124 Å². The van der Waals surface area contributed by atoms with Crippen molar-refractivity contribution in [1.82, 2.24) is 0 Å². The number of hydrogen-bond acceptors (Lipinski definition) is 6. The molecule has 1 heterocycles. The number of aliphatic hydroxyl groups excluding tert-OH is 1. The van der Waals surface area contributed by atoms with Gasteiger partial charge in [0.25, 0.3) is 0 Å². The lowest BCUT2D eigenvalue weighted by Gasteiger charge is -2.25. The van der Waals surface area contributed by atoms with Crippen LogP contribution < -0.4 is 9.32 Å². The van der Waals surface area contributed by atoms with Gasteiger partial charge in [-0.1, -0.05) is 31.7 Å². The zero-order valence-corrected chi connectivity index (χ0v) is 15.4. The SMILES string of the molecule is NS(=O)(=O)Oc1ccc2c(c1)S(=O)(=O)C(C(O)C1CCCCCC1)C2. The van der Waals surface area contributed by atoms with Crippen molar-refractivity contribution >= 4 is 20.1 Å². The summed E-state index contributed by atoms with van der Waals surface area (Å²) in [6, 6.07) is 4.07. The largest absolute Gasteiger partial charge is 0.391 e. The van der Waals surface area contributed by atoms with Crippen molar-refractivity contribution in [3.8, 4) is 5.75 Å². The van der Waals surface area contributed by atoms with Gasteiger partial charge in [0.2, 0.25) is 0 Å². The van der Waals surface area contributed by atoms with Gasteiger partial charge in [-0.05, 0) is 36.8 Å². The minimum atomic E-state index is -4.23. The van der Waals surface area contributed by atoms with Gasteiger partial charge in [0.1, 0.15) is 5.75 Å². The second kappa shape index (κ2) is 6.86. The molecule has 1 saturated carbocycles. The predicted molar refractivity (Wildman–Crippen MR) is 92.1 cm³/mol. The minimum Gasteiger partial charge on any atom is -0.391 e. The number of nitrogens with two attached hydrogens (primary N) is 1. The fraction of sp³-hybridized carbons (Fsp3) is 0.625. The molecule has 1 aromatic carbocycles. The summed E-state index contributed by atoms with van der Waals surface area (Å²) in [6.07, 6.45) is 5.24. The van der Waals surface area contributed by atoms with Crippen LogP contribution in [0.3, 0.4) is 0 Å². The van der Waals surface area contributed by atoms with E-state index in [9.17, 15) is 21.9 Å². The highest BCUT2D eigenvalue weighted by Crippen LogP contribution is 2.39. The molecule has 0 amide bonds. The molecule has 140 valence electrons. The van der Waals surface area contributed by atoms with E-state index in [4.69, 9.17) is 5.14 Å². The van der Waals surface area contributed by atoms with E-state index in [2.05, 4.69) is 4.18 Å². The fourth-order valence-electron chi connectivity index (χ4n) is 3.90. The number of hydrogen-bond donors (Lipinski definition) is 2. The molecular formula is C16H23NO6S2. The maximum absolute atomic E-state index is 12.9. The Morgan fingerprint density at radius 2 is 1.80 bits per heavy atom. The first-order valence-electron chi connectivity index (χ1n) is 8.45. The molecule has 1 aliphatic carbocycles. The summed E-state index contributed by atoms with van der Waals surface area (Å²) >= 11 is 0. The average Bonchev–Trinajstić information content (AvgIpc) is 2.71. The molecule has 3 N–H and O–H groups in total. The van der Waals surface area contributed by atoms with Gasteiger partial charge in [-0.15, -0.1) is 0 Å². The molecule has 7 nitrogen and oxygen atoms in total. The first-order valence-corrected chi connectivity index (χ1v) is 11.5. The van der Waals surface area contributed by atoms with Crippen LogP contribution in [0.1, 0.15) is 44.1 Å². The summed E-state index contributed by atoms with van der Waals surface area (Å²) in [4.78, 5) is 0.0197. The van der Waals surface area contributed by atoms with Gasteiger partial charge in [-0.25, -0.2) is 8.42 Å². The molecule has 0 spiro atoms. The smallest absolute Gasteiger partial charge is 0.380 e. The van der Waals surface area contributed by atoms with Gasteiger partial charge >= 0.3 is 10.3 Å². The van der Waals surface area contributed by atoms with Crippen LogP contribution in [-0.4, -0.2) is 33.3 Å². The summed E-state index contributed by atoms with van der Waals surface area (Å²) in [5.74, 6) is -0.161. The molecule has 0 aromatic heterocycles. The number of benzene rings is 1. The lowest BCUT2D eigenvalue weighted by atomic mass is 9.90. The third-order valence-corrected chi connectivity index (χ3v) is 7.80. The van der Waals surface area contributed by atoms with E-state index in [0.29, 0.717) is 5.56 Å². The third kappa shape index (κ3) is 3.99. The number of aliphatic hydroxyl groups is 1. The Kier molecular flexibility index (Phi) is 5.11. The molecule has 2 aliphatic rings. The van der Waals surface area contributed by atoms with Crippen molar-refractivity contribution in [3.63, 3.8) is 0 Å². The van der Waals surface area contributed by atoms with E-state index in [0.717, 1.165) is 38.5 Å². The summed E-state index contributed by atoms with van der Waals surface area (Å²) in [6.45, 7) is 0. The molecule has 1 aliphatic heterocycles. The van der Waals surface area contributed by atoms with Crippen LogP contribution in [0, 0.1) is 5.92 Å². The van der Waals surface area contributed by atoms with E-state index in [-0.39, 0.29) is 23.0 Å². The summed E-state index contributed by atoms with van der Waals surface area (Å²) in [7, 11) is -7.98. The Hall–Kier alpha value is -1.16. The van der Waals surface area contributed by atoms with E-state index in [1.807, 2.05) is 0 Å². The quantitative estimate of drug-likeness (QED) is 0.748. The molecule has 2 atom stereocenters. The van der Waals surface area contributed by atoms with Crippen molar-refractivity contribution in [1.29, 1.82) is 0 Å². The van der Waals surface area contributed by atoms with Gasteiger partial charge in [-0.3, -0.25) is 0 Å². The molecule has 2 unspecified atom stereocenters. The zero-order chi connectivity index (χ0) is 18.2. The average molecular weight is 389 g/mol. The van der Waals surface area contributed by atoms with E-state index >= 15 is 0 Å². The van der Waals surface area contributed by atoms with Crippen molar-refractivity contribution in [2.24, 2.45) is 11.1 Å². The van der Waals surface area contributed by atoms with Crippen LogP contribution in [0.2, 0.25) is 0 Å². The first kappa shape index (κ1) is 18.6. The summed E-state index contributed by atoms with van der Waals surface area (Å²) < 4.78 is 52.4. The number of fused-ring (bicyclic) bond motifs is 1. The van der Waals surface area contributed by atoms with Crippen LogP contribution in [0.4, 0.5) is 0 Å². The third-order valence-electron chi connectivity index (χ3n) is 5.14. The second-order valence-electron chi connectivity index (χ2n) is 6.88. The number of rotatable bonds is 4. The lowest BCUT2D eigenvalue weighted by molar-refractivity contribution is 0.0942. The Bertz CT molecular complexity index is 841. The molecule has 1 fully saturated rings. The van der Waals surface area contributed by atoms with Gasteiger partial charge in [-0.2, -0.15) is 13.6 Å². The zero-order valence-electron chi connectivity index (χ0n) is 13.8. The normalized spacial score (nSPS) is 25.1. The van der Waals surface area contributed by atoms with Gasteiger partial charge in [0.15, 0.2) is 9.84 Å². The number of sulfone groups is 1. The van der Waals surface area contributed by atoms with Crippen molar-refractivity contribution < 1.29 is 26.1 Å². The molecule has 1 aromatic rings. The maximum Gasteiger partial charge on any atom is 0.380 e. The Morgan fingerprint density at radius 3 is 2.40 bits per heavy atom. The van der Waals surface area contributed by atoms with Gasteiger partial charge in [0, 0.05) is 6.07 Å². The summed E-state index contributed by atoms with van der Waals surface area (Å²) in [5, 5.41) is 14.7. The van der Waals surface area contributed by atoms with Crippen LogP contribution in [0.25, 0.3) is 0 Å². The molecule has 0 saturated heterocycles. The minimum absolute atomic E-state index is 0.0169. The molecule has 3 rings (SSSR count).